The number of anilines is 1. The molecule has 0 atom stereocenters. The number of hydrogen-bond donors (Lipinski definition) is 2. The van der Waals surface area contributed by atoms with E-state index in [9.17, 15) is 26.1 Å². The van der Waals surface area contributed by atoms with E-state index in [-0.39, 0.29) is 29.3 Å². The minimum absolute atomic E-state index is 0.0666. The Morgan fingerprint density at radius 2 is 1.94 bits per heavy atom. The van der Waals surface area contributed by atoms with Gasteiger partial charge in [-0.25, -0.2) is 0 Å². The van der Waals surface area contributed by atoms with Crippen LogP contribution in [0.5, 0.6) is 5.75 Å². The number of aromatic nitrogens is 1. The van der Waals surface area contributed by atoms with Crippen molar-refractivity contribution in [3.05, 3.63) is 47.5 Å². The molecule has 0 aliphatic carbocycles. The quantitative estimate of drug-likeness (QED) is 0.456. The van der Waals surface area contributed by atoms with Crippen LogP contribution in [0.15, 0.2) is 45.7 Å². The van der Waals surface area contributed by atoms with E-state index in [1.54, 1.807) is 6.92 Å². The number of hydrogen-bond acceptors (Lipinski definition) is 7. The number of oxazole rings is 1. The van der Waals surface area contributed by atoms with Crippen LogP contribution >= 0.6 is 0 Å². The Morgan fingerprint density at radius 1 is 1.21 bits per heavy atom. The number of rotatable bonds is 7. The lowest BCUT2D eigenvalue weighted by Crippen LogP contribution is -2.38. The van der Waals surface area contributed by atoms with Gasteiger partial charge in [-0.3, -0.25) is 9.45 Å². The summed E-state index contributed by atoms with van der Waals surface area (Å²) in [5.41, 5.74) is 0.668. The average molecular weight is 500 g/mol. The molecule has 2 N–H and O–H groups in total. The van der Waals surface area contributed by atoms with E-state index < -0.39 is 21.9 Å². The summed E-state index contributed by atoms with van der Waals surface area (Å²) in [6, 6.07) is 8.23. The summed E-state index contributed by atoms with van der Waals surface area (Å²) in [4.78, 5) is 6.14. The molecule has 1 fully saturated rings. The fraction of sp³-hybridized carbons (Fsp3) is 0.409. The second kappa shape index (κ2) is 9.43. The predicted octanol–water partition coefficient (Wildman–Crippen LogP) is 4.57. The first-order chi connectivity index (χ1) is 16.0. The molecular weight excluding hydrogens is 475 g/mol. The molecule has 0 bridgehead atoms. The van der Waals surface area contributed by atoms with Crippen molar-refractivity contribution in [2.75, 3.05) is 25.0 Å². The van der Waals surface area contributed by atoms with Crippen LogP contribution in [0.4, 0.5) is 19.2 Å². The van der Waals surface area contributed by atoms with Crippen molar-refractivity contribution in [2.45, 2.75) is 43.4 Å². The topological polar surface area (TPSA) is 105 Å². The molecule has 0 unspecified atom stereocenters. The number of ether oxygens (including phenoxy) is 1. The van der Waals surface area contributed by atoms with Gasteiger partial charge < -0.3 is 14.5 Å². The molecule has 34 heavy (non-hydrogen) atoms. The highest BCUT2D eigenvalue weighted by atomic mass is 32.2. The molecule has 12 heteroatoms. The number of benzene rings is 2. The molecule has 2 heterocycles. The third-order valence-electron chi connectivity index (χ3n) is 5.63. The summed E-state index contributed by atoms with van der Waals surface area (Å²) < 4.78 is 82.1. The lowest BCUT2D eigenvalue weighted by atomic mass is 10.0. The zero-order valence-corrected chi connectivity index (χ0v) is 19.1. The summed E-state index contributed by atoms with van der Waals surface area (Å²) >= 11 is 0. The number of nitrogens with zero attached hydrogens (tertiary/aromatic N) is 2. The summed E-state index contributed by atoms with van der Waals surface area (Å²) in [5.74, 6) is -0.155. The number of nitrogens with one attached hydrogen (secondary N) is 1. The molecular formula is C22H24F3N3O5S. The largest absolute Gasteiger partial charge is 0.493 e. The second-order valence-corrected chi connectivity index (χ2v) is 9.50. The molecule has 8 nitrogen and oxygen atoms in total. The van der Waals surface area contributed by atoms with E-state index in [1.807, 2.05) is 0 Å². The Labute approximate surface area is 194 Å². The van der Waals surface area contributed by atoms with Gasteiger partial charge in [-0.15, -0.1) is 0 Å². The lowest BCUT2D eigenvalue weighted by molar-refractivity contribution is -0.138. The fourth-order valence-electron chi connectivity index (χ4n) is 3.97. The maximum Gasteiger partial charge on any atom is 0.419 e. The Kier molecular flexibility index (Phi) is 6.74. The minimum atomic E-state index is -4.47. The maximum atomic E-state index is 13.2. The van der Waals surface area contributed by atoms with E-state index in [0.29, 0.717) is 17.6 Å². The van der Waals surface area contributed by atoms with Gasteiger partial charge in [0, 0.05) is 25.7 Å². The summed E-state index contributed by atoms with van der Waals surface area (Å²) in [6.45, 7) is 3.74. The molecule has 184 valence electrons. The van der Waals surface area contributed by atoms with Crippen LogP contribution in [0.1, 0.15) is 30.9 Å². The molecule has 1 saturated heterocycles. The highest BCUT2D eigenvalue weighted by Gasteiger charge is 2.34. The Balaban J connectivity index is 1.36. The summed E-state index contributed by atoms with van der Waals surface area (Å²) in [5, 5.41) is 3.20. The molecule has 0 amide bonds. The summed E-state index contributed by atoms with van der Waals surface area (Å²) in [7, 11) is -4.33. The molecule has 1 aliphatic heterocycles. The zero-order chi connectivity index (χ0) is 24.5. The van der Waals surface area contributed by atoms with Crippen molar-refractivity contribution < 1.29 is 35.3 Å². The number of piperidine rings is 1. The highest BCUT2D eigenvalue weighted by Crippen LogP contribution is 2.37. The normalized spacial score (nSPS) is 16.1. The molecule has 1 aliphatic rings. The van der Waals surface area contributed by atoms with Crippen molar-refractivity contribution in [1.82, 2.24) is 9.88 Å². The van der Waals surface area contributed by atoms with Crippen molar-refractivity contribution in [3.8, 4) is 5.75 Å². The lowest BCUT2D eigenvalue weighted by Gasteiger charge is -2.32. The van der Waals surface area contributed by atoms with Crippen molar-refractivity contribution in [3.63, 3.8) is 0 Å². The maximum absolute atomic E-state index is 13.2. The van der Waals surface area contributed by atoms with Crippen LogP contribution in [-0.2, 0) is 22.8 Å². The number of fused-ring (bicyclic) bond motifs is 1. The molecule has 3 aromatic rings. The molecule has 4 rings (SSSR count). The van der Waals surface area contributed by atoms with E-state index in [1.165, 1.54) is 30.3 Å². The number of likely N-dealkylation sites (tertiary alicyclic amines) is 1. The van der Waals surface area contributed by atoms with E-state index in [2.05, 4.69) is 15.2 Å². The molecule has 0 radical (unpaired) electrons. The Bertz CT molecular complexity index is 1270. The van der Waals surface area contributed by atoms with Crippen LogP contribution in [0.3, 0.4) is 0 Å². The average Bonchev–Trinajstić information content (AvgIpc) is 3.15. The first kappa shape index (κ1) is 24.3. The van der Waals surface area contributed by atoms with Gasteiger partial charge in [-0.1, -0.05) is 6.07 Å². The standard InChI is InChI=1S/C22H24F3N3O5S/c1-2-32-20-11-14(3-5-17(20)22(23,24)25)13-28-9-7-15(8-10-28)26-21-27-18-12-16(34(29,30)31)4-6-19(18)33-21/h3-6,11-12,15H,2,7-10,13H2,1H3,(H,26,27)(H,29,30,31). The van der Waals surface area contributed by atoms with Crippen LogP contribution in [0.2, 0.25) is 0 Å². The first-order valence-corrected chi connectivity index (χ1v) is 12.2. The van der Waals surface area contributed by atoms with Crippen LogP contribution in [0.25, 0.3) is 11.1 Å². The summed E-state index contributed by atoms with van der Waals surface area (Å²) in [6.07, 6.45) is -2.95. The van der Waals surface area contributed by atoms with E-state index >= 15 is 0 Å². The van der Waals surface area contributed by atoms with E-state index in [0.717, 1.165) is 37.6 Å². The predicted molar refractivity (Wildman–Crippen MR) is 118 cm³/mol. The number of halogens is 3. The van der Waals surface area contributed by atoms with Gasteiger partial charge in [0.25, 0.3) is 16.1 Å². The van der Waals surface area contributed by atoms with E-state index in [4.69, 9.17) is 9.15 Å². The fourth-order valence-corrected chi connectivity index (χ4v) is 4.47. The van der Waals surface area contributed by atoms with Crippen molar-refractivity contribution in [2.24, 2.45) is 0 Å². The van der Waals surface area contributed by atoms with Crippen molar-refractivity contribution >= 4 is 27.2 Å². The van der Waals surface area contributed by atoms with Gasteiger partial charge >= 0.3 is 6.18 Å². The second-order valence-electron chi connectivity index (χ2n) is 8.08. The van der Waals surface area contributed by atoms with Gasteiger partial charge in [-0.05, 0) is 55.7 Å². The van der Waals surface area contributed by atoms with Crippen LogP contribution in [-0.4, -0.2) is 48.6 Å². The monoisotopic (exact) mass is 499 g/mol. The van der Waals surface area contributed by atoms with Gasteiger partial charge in [-0.2, -0.15) is 26.6 Å². The van der Waals surface area contributed by atoms with Gasteiger partial charge in [0.15, 0.2) is 5.58 Å². The van der Waals surface area contributed by atoms with Crippen LogP contribution < -0.4 is 10.1 Å². The number of alkyl halides is 3. The third kappa shape index (κ3) is 5.62. The third-order valence-corrected chi connectivity index (χ3v) is 6.48. The first-order valence-electron chi connectivity index (χ1n) is 10.7. The van der Waals surface area contributed by atoms with Crippen LogP contribution in [0, 0.1) is 0 Å². The Morgan fingerprint density at radius 3 is 2.59 bits per heavy atom. The SMILES string of the molecule is CCOc1cc(CN2CCC(Nc3nc4cc(S(=O)(=O)O)ccc4o3)CC2)ccc1C(F)(F)F. The molecule has 1 aromatic heterocycles. The Hall–Kier alpha value is -2.83. The van der Waals surface area contributed by atoms with Gasteiger partial charge in [0.2, 0.25) is 0 Å². The van der Waals surface area contributed by atoms with Gasteiger partial charge in [0.1, 0.15) is 11.3 Å². The highest BCUT2D eigenvalue weighted by molar-refractivity contribution is 7.85. The van der Waals surface area contributed by atoms with Gasteiger partial charge in [0.05, 0.1) is 17.1 Å². The van der Waals surface area contributed by atoms with Crippen molar-refractivity contribution in [1.29, 1.82) is 0 Å². The molecule has 0 spiro atoms. The molecule has 2 aromatic carbocycles. The molecule has 0 saturated carbocycles. The smallest absolute Gasteiger partial charge is 0.419 e. The minimum Gasteiger partial charge on any atom is -0.493 e. The zero-order valence-electron chi connectivity index (χ0n) is 18.3.